The lowest BCUT2D eigenvalue weighted by Gasteiger charge is -2.04. The third-order valence-corrected chi connectivity index (χ3v) is 4.33. The quantitative estimate of drug-likeness (QED) is 0.688. The highest BCUT2D eigenvalue weighted by Gasteiger charge is 2.16. The fraction of sp³-hybridized carbons (Fsp3) is 0.692. The van der Waals surface area contributed by atoms with Crippen LogP contribution >= 0.6 is 23.4 Å². The Morgan fingerprint density at radius 3 is 2.67 bits per heavy atom. The standard InChI is InChI=1S/C13H21ClN2OS/c1-4-7-18-9-10(17)8-12-13(14)11(5-2)15-16(12)6-3/h4-9H2,1-3H3. The zero-order valence-electron chi connectivity index (χ0n) is 11.3. The van der Waals surface area contributed by atoms with E-state index in [1.165, 1.54) is 0 Å². The zero-order chi connectivity index (χ0) is 13.5. The molecule has 0 aromatic carbocycles. The summed E-state index contributed by atoms with van der Waals surface area (Å²) in [7, 11) is 0. The van der Waals surface area contributed by atoms with Crippen molar-refractivity contribution in [1.29, 1.82) is 0 Å². The summed E-state index contributed by atoms with van der Waals surface area (Å²) < 4.78 is 1.85. The van der Waals surface area contributed by atoms with E-state index in [4.69, 9.17) is 11.6 Å². The molecule has 1 rings (SSSR count). The van der Waals surface area contributed by atoms with E-state index >= 15 is 0 Å². The van der Waals surface area contributed by atoms with Crippen LogP contribution in [-0.2, 0) is 24.2 Å². The Labute approximate surface area is 118 Å². The molecule has 5 heteroatoms. The Hall–Kier alpha value is -0.480. The third kappa shape index (κ3) is 4.02. The highest BCUT2D eigenvalue weighted by Crippen LogP contribution is 2.22. The number of carbonyl (C=O) groups is 1. The molecular formula is C13H21ClN2OS. The third-order valence-electron chi connectivity index (χ3n) is 2.67. The number of hydrogen-bond acceptors (Lipinski definition) is 3. The highest BCUT2D eigenvalue weighted by molar-refractivity contribution is 7.99. The van der Waals surface area contributed by atoms with Gasteiger partial charge >= 0.3 is 0 Å². The van der Waals surface area contributed by atoms with Gasteiger partial charge in [0.2, 0.25) is 0 Å². The topological polar surface area (TPSA) is 34.9 Å². The van der Waals surface area contributed by atoms with Crippen molar-refractivity contribution in [2.45, 2.75) is 46.6 Å². The van der Waals surface area contributed by atoms with Crippen LogP contribution in [0.3, 0.4) is 0 Å². The van der Waals surface area contributed by atoms with E-state index in [0.29, 0.717) is 17.2 Å². The summed E-state index contributed by atoms with van der Waals surface area (Å²) in [6, 6.07) is 0. The molecule has 102 valence electrons. The maximum Gasteiger partial charge on any atom is 0.148 e. The van der Waals surface area contributed by atoms with Crippen LogP contribution in [0, 0.1) is 0 Å². The number of rotatable bonds is 8. The van der Waals surface area contributed by atoms with E-state index in [2.05, 4.69) is 12.0 Å². The molecule has 0 atom stereocenters. The molecule has 0 saturated heterocycles. The van der Waals surface area contributed by atoms with Crippen LogP contribution in [0.25, 0.3) is 0 Å². The first kappa shape index (κ1) is 15.6. The molecule has 0 aliphatic heterocycles. The Bertz CT molecular complexity index is 404. The monoisotopic (exact) mass is 288 g/mol. The summed E-state index contributed by atoms with van der Waals surface area (Å²) in [5.41, 5.74) is 1.76. The number of thioether (sulfide) groups is 1. The Morgan fingerprint density at radius 1 is 1.39 bits per heavy atom. The second-order valence-corrected chi connectivity index (χ2v) is 5.63. The molecule has 0 unspecified atom stereocenters. The first-order valence-corrected chi connectivity index (χ1v) is 8.00. The normalized spacial score (nSPS) is 10.9. The molecule has 0 spiro atoms. The lowest BCUT2D eigenvalue weighted by atomic mass is 10.2. The van der Waals surface area contributed by atoms with Crippen LogP contribution in [0.15, 0.2) is 0 Å². The molecule has 1 heterocycles. The highest BCUT2D eigenvalue weighted by atomic mass is 35.5. The molecule has 1 aromatic heterocycles. The molecule has 0 fully saturated rings. The van der Waals surface area contributed by atoms with Crippen LogP contribution in [0.2, 0.25) is 5.02 Å². The van der Waals surface area contributed by atoms with Gasteiger partial charge in [-0.25, -0.2) is 0 Å². The summed E-state index contributed by atoms with van der Waals surface area (Å²) >= 11 is 7.96. The second kappa shape index (κ2) is 7.85. The van der Waals surface area contributed by atoms with Gasteiger partial charge in [-0.2, -0.15) is 16.9 Å². The lowest BCUT2D eigenvalue weighted by Crippen LogP contribution is -2.11. The van der Waals surface area contributed by atoms with Gasteiger partial charge < -0.3 is 0 Å². The van der Waals surface area contributed by atoms with Crippen molar-refractivity contribution in [3.05, 3.63) is 16.4 Å². The van der Waals surface area contributed by atoms with E-state index in [0.717, 1.165) is 36.5 Å². The van der Waals surface area contributed by atoms with Gasteiger partial charge in [0, 0.05) is 6.54 Å². The Kier molecular flexibility index (Phi) is 6.79. The van der Waals surface area contributed by atoms with Crippen LogP contribution in [-0.4, -0.2) is 27.1 Å². The molecule has 0 aliphatic carbocycles. The maximum atomic E-state index is 11.9. The molecular weight excluding hydrogens is 268 g/mol. The first-order chi connectivity index (χ1) is 8.63. The fourth-order valence-electron chi connectivity index (χ4n) is 1.75. The zero-order valence-corrected chi connectivity index (χ0v) is 12.9. The number of halogens is 1. The number of ketones is 1. The average molecular weight is 289 g/mol. The minimum atomic E-state index is 0.229. The van der Waals surface area contributed by atoms with Crippen molar-refractivity contribution < 1.29 is 4.79 Å². The average Bonchev–Trinajstić information content (AvgIpc) is 2.66. The Morgan fingerprint density at radius 2 is 2.11 bits per heavy atom. The summed E-state index contributed by atoms with van der Waals surface area (Å²) in [5, 5.41) is 5.10. The van der Waals surface area contributed by atoms with Crippen molar-refractivity contribution in [3.63, 3.8) is 0 Å². The van der Waals surface area contributed by atoms with E-state index < -0.39 is 0 Å². The first-order valence-electron chi connectivity index (χ1n) is 6.47. The lowest BCUT2D eigenvalue weighted by molar-refractivity contribution is -0.116. The van der Waals surface area contributed by atoms with Gasteiger partial charge in [-0.05, 0) is 25.5 Å². The van der Waals surface area contributed by atoms with Gasteiger partial charge in [0.15, 0.2) is 0 Å². The number of aromatic nitrogens is 2. The molecule has 0 saturated carbocycles. The van der Waals surface area contributed by atoms with Crippen LogP contribution in [0.4, 0.5) is 0 Å². The molecule has 0 aliphatic rings. The molecule has 18 heavy (non-hydrogen) atoms. The number of Topliss-reactive ketones (excluding diaryl/α,β-unsaturated/α-hetero) is 1. The van der Waals surface area contributed by atoms with Crippen molar-refractivity contribution in [2.75, 3.05) is 11.5 Å². The van der Waals surface area contributed by atoms with Crippen molar-refractivity contribution in [2.24, 2.45) is 0 Å². The van der Waals surface area contributed by atoms with E-state index in [1.807, 2.05) is 18.5 Å². The summed E-state index contributed by atoms with van der Waals surface area (Å²) in [4.78, 5) is 11.9. The van der Waals surface area contributed by atoms with Gasteiger partial charge in [0.1, 0.15) is 5.78 Å². The van der Waals surface area contributed by atoms with Crippen molar-refractivity contribution in [1.82, 2.24) is 9.78 Å². The minimum absolute atomic E-state index is 0.229. The predicted molar refractivity (Wildman–Crippen MR) is 78.6 cm³/mol. The molecule has 0 N–H and O–H groups in total. The van der Waals surface area contributed by atoms with Gasteiger partial charge in [0.25, 0.3) is 0 Å². The molecule has 1 aromatic rings. The SMILES string of the molecule is CCCSCC(=O)Cc1c(Cl)c(CC)nn1CC. The Balaban J connectivity index is 2.70. The molecule has 0 radical (unpaired) electrons. The van der Waals surface area contributed by atoms with Crippen molar-refractivity contribution >= 4 is 29.1 Å². The van der Waals surface area contributed by atoms with E-state index in [9.17, 15) is 4.79 Å². The summed E-state index contributed by atoms with van der Waals surface area (Å²) in [6.45, 7) is 6.91. The number of hydrogen-bond donors (Lipinski definition) is 0. The maximum absolute atomic E-state index is 11.9. The smallest absolute Gasteiger partial charge is 0.148 e. The summed E-state index contributed by atoms with van der Waals surface area (Å²) in [6.07, 6.45) is 2.31. The molecule has 0 bridgehead atoms. The minimum Gasteiger partial charge on any atom is -0.298 e. The fourth-order valence-corrected chi connectivity index (χ4v) is 2.85. The van der Waals surface area contributed by atoms with Crippen LogP contribution in [0.5, 0.6) is 0 Å². The van der Waals surface area contributed by atoms with E-state index in [1.54, 1.807) is 11.8 Å². The van der Waals surface area contributed by atoms with Gasteiger partial charge in [-0.3, -0.25) is 9.48 Å². The summed E-state index contributed by atoms with van der Waals surface area (Å²) in [5.74, 6) is 1.83. The number of nitrogens with zero attached hydrogens (tertiary/aromatic N) is 2. The predicted octanol–water partition coefficient (Wildman–Crippen LogP) is 3.37. The number of carbonyl (C=O) groups excluding carboxylic acids is 1. The van der Waals surface area contributed by atoms with Crippen LogP contribution in [0.1, 0.15) is 38.6 Å². The van der Waals surface area contributed by atoms with Crippen LogP contribution < -0.4 is 0 Å². The molecule has 0 amide bonds. The van der Waals surface area contributed by atoms with Gasteiger partial charge in [-0.1, -0.05) is 25.4 Å². The number of aryl methyl sites for hydroxylation is 2. The van der Waals surface area contributed by atoms with Crippen molar-refractivity contribution in [3.8, 4) is 0 Å². The molecule has 3 nitrogen and oxygen atoms in total. The van der Waals surface area contributed by atoms with Gasteiger partial charge in [-0.15, -0.1) is 0 Å². The van der Waals surface area contributed by atoms with E-state index in [-0.39, 0.29) is 5.78 Å². The largest absolute Gasteiger partial charge is 0.298 e. The van der Waals surface area contributed by atoms with Gasteiger partial charge in [0.05, 0.1) is 28.6 Å². The second-order valence-electron chi connectivity index (χ2n) is 4.14.